The van der Waals surface area contributed by atoms with E-state index < -0.39 is 69.6 Å². The molecular weight excluding hydrogens is 546 g/mol. The van der Waals surface area contributed by atoms with E-state index in [2.05, 4.69) is 0 Å². The molecule has 1 aliphatic rings. The lowest BCUT2D eigenvalue weighted by molar-refractivity contribution is -0.144. The third kappa shape index (κ3) is 6.38. The van der Waals surface area contributed by atoms with Crippen LogP contribution in [0.3, 0.4) is 0 Å². The largest absolute Gasteiger partial charge is 0.416 e. The first kappa shape index (κ1) is 30.1. The Labute approximate surface area is 208 Å². The number of likely N-dealkylation sites (tertiary alicyclic amines) is 1. The molecule has 1 atom stereocenters. The summed E-state index contributed by atoms with van der Waals surface area (Å²) in [4.78, 5) is 1.66. The van der Waals surface area contributed by atoms with Crippen molar-refractivity contribution in [3.05, 3.63) is 69.8 Å². The van der Waals surface area contributed by atoms with Gasteiger partial charge in [0, 0.05) is 12.5 Å². The van der Waals surface area contributed by atoms with Crippen LogP contribution < -0.4 is 0 Å². The zero-order valence-corrected chi connectivity index (χ0v) is 19.5. The quantitative estimate of drug-likeness (QED) is 0.374. The van der Waals surface area contributed by atoms with E-state index in [1.165, 1.54) is 0 Å². The average Bonchev–Trinajstić information content (AvgIpc) is 3.28. The minimum absolute atomic E-state index is 0.114. The molecule has 1 N–H and O–H groups in total. The topological polar surface area (TPSA) is 23.5 Å². The van der Waals surface area contributed by atoms with Gasteiger partial charge in [-0.3, -0.25) is 0 Å². The van der Waals surface area contributed by atoms with Gasteiger partial charge in [0.1, 0.15) is 5.60 Å². The molecule has 0 saturated carbocycles. The third-order valence-corrected chi connectivity index (χ3v) is 6.50. The van der Waals surface area contributed by atoms with Crippen molar-refractivity contribution in [1.29, 1.82) is 0 Å². The third-order valence-electron chi connectivity index (χ3n) is 6.50. The van der Waals surface area contributed by atoms with Gasteiger partial charge in [-0.2, -0.15) is 52.7 Å². The van der Waals surface area contributed by atoms with Crippen molar-refractivity contribution in [3.8, 4) is 0 Å². The van der Waals surface area contributed by atoms with E-state index in [0.717, 1.165) is 6.92 Å². The standard InChI is InChI=1S/C24H21F12NO/c1-13(12-37-4-2-3-5-37)20(38,14-6-16(21(25,26)27)10-17(7-14)22(28,29)30)15-8-18(23(31,32)33)11-19(9-15)24(34,35)36/h6-11,13,38H,2-5,12H2,1H3. The molecule has 1 saturated heterocycles. The first-order chi connectivity index (χ1) is 17.1. The van der Waals surface area contributed by atoms with Crippen LogP contribution in [0, 0.1) is 5.92 Å². The first-order valence-corrected chi connectivity index (χ1v) is 11.2. The molecular formula is C24H21F12NO. The lowest BCUT2D eigenvalue weighted by Crippen LogP contribution is -2.42. The Hall–Kier alpha value is -2.48. The van der Waals surface area contributed by atoms with Crippen molar-refractivity contribution in [3.63, 3.8) is 0 Å². The maximum atomic E-state index is 13.5. The van der Waals surface area contributed by atoms with Crippen molar-refractivity contribution in [2.75, 3.05) is 19.6 Å². The summed E-state index contributed by atoms with van der Waals surface area (Å²) in [5, 5.41) is 11.7. The Kier molecular flexibility index (Phi) is 7.85. The van der Waals surface area contributed by atoms with Gasteiger partial charge in [0.05, 0.1) is 22.3 Å². The molecule has 2 aromatic carbocycles. The van der Waals surface area contributed by atoms with Crippen molar-refractivity contribution in [1.82, 2.24) is 4.90 Å². The van der Waals surface area contributed by atoms with Crippen molar-refractivity contribution in [2.45, 2.75) is 50.1 Å². The maximum absolute atomic E-state index is 13.5. The number of hydrogen-bond acceptors (Lipinski definition) is 2. The van der Waals surface area contributed by atoms with Gasteiger partial charge in [0.2, 0.25) is 0 Å². The molecule has 1 heterocycles. The maximum Gasteiger partial charge on any atom is 0.416 e. The molecule has 38 heavy (non-hydrogen) atoms. The van der Waals surface area contributed by atoms with Gasteiger partial charge in [-0.15, -0.1) is 0 Å². The summed E-state index contributed by atoms with van der Waals surface area (Å²) in [5.41, 5.74) is -12.9. The van der Waals surface area contributed by atoms with E-state index in [0.29, 0.717) is 25.9 Å². The minimum atomic E-state index is -5.37. The minimum Gasteiger partial charge on any atom is -0.380 e. The van der Waals surface area contributed by atoms with Crippen molar-refractivity contribution >= 4 is 0 Å². The molecule has 1 fully saturated rings. The highest BCUT2D eigenvalue weighted by molar-refractivity contribution is 5.46. The second-order valence-corrected chi connectivity index (χ2v) is 9.26. The molecule has 212 valence electrons. The molecule has 14 heteroatoms. The van der Waals surface area contributed by atoms with Gasteiger partial charge in [-0.05, 0) is 73.5 Å². The number of nitrogens with zero attached hydrogens (tertiary/aromatic N) is 1. The van der Waals surface area contributed by atoms with E-state index in [-0.39, 0.29) is 42.9 Å². The van der Waals surface area contributed by atoms with Gasteiger partial charge >= 0.3 is 24.7 Å². The number of hydrogen-bond donors (Lipinski definition) is 1. The zero-order valence-electron chi connectivity index (χ0n) is 19.5. The van der Waals surface area contributed by atoms with Crippen LogP contribution in [0.15, 0.2) is 36.4 Å². The lowest BCUT2D eigenvalue weighted by atomic mass is 9.74. The fourth-order valence-corrected chi connectivity index (χ4v) is 4.57. The summed E-state index contributed by atoms with van der Waals surface area (Å²) in [6, 6.07) is -0.0380. The summed E-state index contributed by atoms with van der Waals surface area (Å²) >= 11 is 0. The van der Waals surface area contributed by atoms with Crippen LogP contribution in [0.4, 0.5) is 52.7 Å². The van der Waals surface area contributed by atoms with Gasteiger partial charge in [-0.25, -0.2) is 0 Å². The number of aliphatic hydroxyl groups is 1. The first-order valence-electron chi connectivity index (χ1n) is 11.2. The highest BCUT2D eigenvalue weighted by Crippen LogP contribution is 2.46. The van der Waals surface area contributed by atoms with Crippen LogP contribution in [-0.4, -0.2) is 29.6 Å². The Morgan fingerprint density at radius 1 is 0.579 bits per heavy atom. The van der Waals surface area contributed by atoms with Gasteiger partial charge in [0.15, 0.2) is 0 Å². The number of alkyl halides is 12. The second kappa shape index (κ2) is 9.92. The molecule has 0 spiro atoms. The second-order valence-electron chi connectivity index (χ2n) is 9.26. The van der Waals surface area contributed by atoms with E-state index in [9.17, 15) is 57.8 Å². The molecule has 3 rings (SSSR count). The Balaban J connectivity index is 2.38. The molecule has 0 bridgehead atoms. The fourth-order valence-electron chi connectivity index (χ4n) is 4.57. The highest BCUT2D eigenvalue weighted by atomic mass is 19.4. The van der Waals surface area contributed by atoms with Crippen LogP contribution in [0.2, 0.25) is 0 Å². The SMILES string of the molecule is CC(CN1CCCC1)C(O)(c1cc(C(F)(F)F)cc(C(F)(F)F)c1)c1cc(C(F)(F)F)cc(C(F)(F)F)c1. The van der Waals surface area contributed by atoms with E-state index in [1.54, 1.807) is 4.90 Å². The van der Waals surface area contributed by atoms with Gasteiger partial charge in [-0.1, -0.05) is 6.92 Å². The number of halogens is 12. The molecule has 1 aliphatic heterocycles. The molecule has 0 radical (unpaired) electrons. The molecule has 1 unspecified atom stereocenters. The van der Waals surface area contributed by atoms with E-state index >= 15 is 0 Å². The van der Waals surface area contributed by atoms with Gasteiger partial charge < -0.3 is 10.0 Å². The Morgan fingerprint density at radius 2 is 0.842 bits per heavy atom. The van der Waals surface area contributed by atoms with Crippen molar-refractivity contribution in [2.24, 2.45) is 5.92 Å². The average molecular weight is 567 g/mol. The van der Waals surface area contributed by atoms with Crippen LogP contribution >= 0.6 is 0 Å². The predicted octanol–water partition coefficient (Wildman–Crippen LogP) is 7.73. The summed E-state index contributed by atoms with van der Waals surface area (Å²) < 4.78 is 162. The van der Waals surface area contributed by atoms with Crippen LogP contribution in [0.5, 0.6) is 0 Å². The van der Waals surface area contributed by atoms with Crippen LogP contribution in [0.1, 0.15) is 53.1 Å². The monoisotopic (exact) mass is 567 g/mol. The highest BCUT2D eigenvalue weighted by Gasteiger charge is 2.46. The summed E-state index contributed by atoms with van der Waals surface area (Å²) in [6.45, 7) is 1.73. The molecule has 2 aromatic rings. The van der Waals surface area contributed by atoms with E-state index in [1.807, 2.05) is 0 Å². The number of benzene rings is 2. The van der Waals surface area contributed by atoms with Crippen LogP contribution in [0.25, 0.3) is 0 Å². The summed E-state index contributed by atoms with van der Waals surface area (Å²) in [6.07, 6.45) is -20.2. The molecule has 0 amide bonds. The number of rotatable bonds is 5. The Morgan fingerprint density at radius 3 is 1.11 bits per heavy atom. The van der Waals surface area contributed by atoms with Crippen molar-refractivity contribution < 1.29 is 57.8 Å². The smallest absolute Gasteiger partial charge is 0.380 e. The van der Waals surface area contributed by atoms with Gasteiger partial charge in [0.25, 0.3) is 0 Å². The van der Waals surface area contributed by atoms with Crippen LogP contribution in [-0.2, 0) is 30.3 Å². The lowest BCUT2D eigenvalue weighted by Gasteiger charge is -2.38. The molecule has 0 aromatic heterocycles. The molecule has 0 aliphatic carbocycles. The summed E-state index contributed by atoms with van der Waals surface area (Å²) in [7, 11) is 0. The predicted molar refractivity (Wildman–Crippen MR) is 111 cm³/mol. The zero-order chi connectivity index (χ0) is 28.9. The summed E-state index contributed by atoms with van der Waals surface area (Å²) in [5.74, 6) is -1.44. The Bertz CT molecular complexity index is 1000. The molecule has 2 nitrogen and oxygen atoms in total. The van der Waals surface area contributed by atoms with E-state index in [4.69, 9.17) is 0 Å². The fraction of sp³-hybridized carbons (Fsp3) is 0.500. The normalized spacial score (nSPS) is 17.2.